The molecule has 3 heterocycles. The van der Waals surface area contributed by atoms with Crippen LogP contribution in [0, 0.1) is 5.92 Å². The summed E-state index contributed by atoms with van der Waals surface area (Å²) in [5, 5.41) is 11.7. The van der Waals surface area contributed by atoms with Crippen molar-refractivity contribution in [2.45, 2.75) is 31.3 Å². The van der Waals surface area contributed by atoms with E-state index in [0.29, 0.717) is 12.5 Å². The van der Waals surface area contributed by atoms with E-state index in [1.54, 1.807) is 6.33 Å². The van der Waals surface area contributed by atoms with E-state index in [1.165, 1.54) is 12.8 Å². The number of aliphatic hydroxyl groups is 1. The van der Waals surface area contributed by atoms with E-state index in [2.05, 4.69) is 39.1 Å². The van der Waals surface area contributed by atoms with E-state index in [-0.39, 0.29) is 12.0 Å². The van der Waals surface area contributed by atoms with Crippen LogP contribution < -0.4 is 4.90 Å². The smallest absolute Gasteiger partial charge is 0.132 e. The molecule has 1 aliphatic heterocycles. The molecule has 26 heavy (non-hydrogen) atoms. The minimum Gasteiger partial charge on any atom is -0.391 e. The zero-order valence-electron chi connectivity index (χ0n) is 14.6. The van der Waals surface area contributed by atoms with Crippen LogP contribution in [0.5, 0.6) is 0 Å². The van der Waals surface area contributed by atoms with Crippen LogP contribution in [0.1, 0.15) is 30.1 Å². The molecule has 1 aliphatic carbocycles. The van der Waals surface area contributed by atoms with Gasteiger partial charge in [-0.3, -0.25) is 4.98 Å². The quantitative estimate of drug-likeness (QED) is 0.787. The first-order chi connectivity index (χ1) is 12.8. The highest BCUT2D eigenvalue weighted by Crippen LogP contribution is 2.39. The number of β-amino-alcohol motifs (C(OH)–C–C–N with tert-alkyl or cyclic N) is 1. The number of pyridine rings is 1. The second-order valence-corrected chi connectivity index (χ2v) is 7.51. The highest BCUT2D eigenvalue weighted by atomic mass is 16.3. The Labute approximate surface area is 152 Å². The molecule has 132 valence electrons. The number of aliphatic hydroxyl groups excluding tert-OH is 1. The fraction of sp³-hybridized carbons (Fsp3) is 0.381. The lowest BCUT2D eigenvalue weighted by Gasteiger charge is -2.17. The molecule has 0 bridgehead atoms. The molecule has 0 spiro atoms. The van der Waals surface area contributed by atoms with Crippen LogP contribution in [0.3, 0.4) is 0 Å². The first kappa shape index (κ1) is 15.7. The molecule has 2 aromatic heterocycles. The molecule has 1 saturated heterocycles. The molecule has 2 fully saturated rings. The Hall–Kier alpha value is -2.53. The lowest BCUT2D eigenvalue weighted by atomic mass is 9.99. The molecule has 2 atom stereocenters. The van der Waals surface area contributed by atoms with Crippen molar-refractivity contribution in [3.63, 3.8) is 0 Å². The van der Waals surface area contributed by atoms with E-state index < -0.39 is 0 Å². The van der Waals surface area contributed by atoms with Gasteiger partial charge in [-0.15, -0.1) is 0 Å². The van der Waals surface area contributed by atoms with E-state index in [4.69, 9.17) is 4.98 Å². The van der Waals surface area contributed by atoms with Gasteiger partial charge in [0.05, 0.1) is 11.6 Å². The minimum absolute atomic E-state index is 0.169. The van der Waals surface area contributed by atoms with Gasteiger partial charge in [0, 0.05) is 47.8 Å². The maximum atomic E-state index is 10.6. The Morgan fingerprint density at radius 3 is 2.81 bits per heavy atom. The number of nitrogens with zero attached hydrogens (tertiary/aromatic N) is 4. The number of anilines is 1. The van der Waals surface area contributed by atoms with Crippen molar-refractivity contribution in [2.75, 3.05) is 18.0 Å². The molecule has 2 aliphatic rings. The highest BCUT2D eigenvalue weighted by molar-refractivity contribution is 5.78. The largest absolute Gasteiger partial charge is 0.391 e. The summed E-state index contributed by atoms with van der Waals surface area (Å²) >= 11 is 0. The first-order valence-electron chi connectivity index (χ1n) is 9.36. The molecule has 0 amide bonds. The number of fused-ring (bicyclic) bond motifs is 1. The van der Waals surface area contributed by atoms with Crippen LogP contribution in [-0.2, 0) is 6.42 Å². The van der Waals surface area contributed by atoms with Crippen molar-refractivity contribution >= 4 is 16.7 Å². The number of rotatable bonds is 4. The number of aromatic nitrogens is 3. The molecule has 1 aromatic carbocycles. The van der Waals surface area contributed by atoms with Crippen LogP contribution >= 0.6 is 0 Å². The molecular formula is C21H22N4O. The van der Waals surface area contributed by atoms with E-state index >= 15 is 0 Å². The number of hydrogen-bond acceptors (Lipinski definition) is 5. The fourth-order valence-corrected chi connectivity index (χ4v) is 3.87. The summed E-state index contributed by atoms with van der Waals surface area (Å²) in [4.78, 5) is 15.8. The van der Waals surface area contributed by atoms with Gasteiger partial charge in [-0.2, -0.15) is 0 Å². The minimum atomic E-state index is -0.359. The Morgan fingerprint density at radius 1 is 1.04 bits per heavy atom. The SMILES string of the molecule is O[C@@H]1CN(c2cc(C3CC3)ncn2)C[C@H]1Cc1ccc2ccccc2n1. The second-order valence-electron chi connectivity index (χ2n) is 7.51. The van der Waals surface area contributed by atoms with Gasteiger partial charge in [-0.05, 0) is 31.4 Å². The van der Waals surface area contributed by atoms with Crippen molar-refractivity contribution in [3.05, 3.63) is 60.2 Å². The molecule has 5 heteroatoms. The number of para-hydroxylation sites is 1. The summed E-state index contributed by atoms with van der Waals surface area (Å²) in [5.74, 6) is 1.72. The summed E-state index contributed by atoms with van der Waals surface area (Å²) in [6, 6.07) is 14.4. The van der Waals surface area contributed by atoms with Crippen LogP contribution in [-0.4, -0.2) is 39.3 Å². The van der Waals surface area contributed by atoms with Gasteiger partial charge in [0.1, 0.15) is 12.1 Å². The number of benzene rings is 1. The highest BCUT2D eigenvalue weighted by Gasteiger charge is 2.33. The second kappa shape index (κ2) is 6.32. The summed E-state index contributed by atoms with van der Waals surface area (Å²) < 4.78 is 0. The zero-order chi connectivity index (χ0) is 17.5. The van der Waals surface area contributed by atoms with E-state index in [9.17, 15) is 5.11 Å². The van der Waals surface area contributed by atoms with Gasteiger partial charge in [-0.25, -0.2) is 9.97 Å². The van der Waals surface area contributed by atoms with Gasteiger partial charge in [0.15, 0.2) is 0 Å². The van der Waals surface area contributed by atoms with Crippen molar-refractivity contribution in [2.24, 2.45) is 5.92 Å². The molecule has 0 unspecified atom stereocenters. The normalized spacial score (nSPS) is 22.9. The fourth-order valence-electron chi connectivity index (χ4n) is 3.87. The molecule has 1 N–H and O–H groups in total. The average molecular weight is 346 g/mol. The Kier molecular flexibility index (Phi) is 3.82. The summed E-state index contributed by atoms with van der Waals surface area (Å²) in [7, 11) is 0. The lowest BCUT2D eigenvalue weighted by molar-refractivity contribution is 0.148. The van der Waals surface area contributed by atoms with E-state index in [1.807, 2.05) is 18.2 Å². The molecule has 0 radical (unpaired) electrons. The standard InChI is InChI=1S/C21H22N4O/c26-20-12-25(21-10-19(15-5-6-15)22-13-23-21)11-16(20)9-17-8-7-14-3-1-2-4-18(14)24-17/h1-4,7-8,10,13,15-16,20,26H,5-6,9,11-12H2/t16-,20-/m1/s1. The van der Waals surface area contributed by atoms with Crippen LogP contribution in [0.25, 0.3) is 10.9 Å². The van der Waals surface area contributed by atoms with Crippen LogP contribution in [0.2, 0.25) is 0 Å². The molecular weight excluding hydrogens is 324 g/mol. The monoisotopic (exact) mass is 346 g/mol. The van der Waals surface area contributed by atoms with Crippen molar-refractivity contribution in [1.29, 1.82) is 0 Å². The lowest BCUT2D eigenvalue weighted by Crippen LogP contribution is -2.22. The molecule has 1 saturated carbocycles. The maximum absolute atomic E-state index is 10.6. The van der Waals surface area contributed by atoms with Gasteiger partial charge < -0.3 is 10.0 Å². The number of hydrogen-bond donors (Lipinski definition) is 1. The van der Waals surface area contributed by atoms with Crippen molar-refractivity contribution < 1.29 is 5.11 Å². The van der Waals surface area contributed by atoms with Gasteiger partial charge in [-0.1, -0.05) is 24.3 Å². The third-order valence-electron chi connectivity index (χ3n) is 5.53. The molecule has 3 aromatic rings. The van der Waals surface area contributed by atoms with Gasteiger partial charge in [0.2, 0.25) is 0 Å². The van der Waals surface area contributed by atoms with E-state index in [0.717, 1.165) is 41.1 Å². The Bertz CT molecular complexity index is 940. The summed E-state index contributed by atoms with van der Waals surface area (Å²) in [6.07, 6.45) is 4.55. The predicted octanol–water partition coefficient (Wildman–Crippen LogP) is 2.94. The summed E-state index contributed by atoms with van der Waals surface area (Å²) in [6.45, 7) is 1.43. The third kappa shape index (κ3) is 3.03. The maximum Gasteiger partial charge on any atom is 0.132 e. The molecule has 5 nitrogen and oxygen atoms in total. The van der Waals surface area contributed by atoms with Crippen molar-refractivity contribution in [1.82, 2.24) is 15.0 Å². The average Bonchev–Trinajstić information content (AvgIpc) is 3.46. The van der Waals surface area contributed by atoms with Crippen molar-refractivity contribution in [3.8, 4) is 0 Å². The van der Waals surface area contributed by atoms with Crippen LogP contribution in [0.15, 0.2) is 48.8 Å². The van der Waals surface area contributed by atoms with Gasteiger partial charge in [0.25, 0.3) is 0 Å². The molecule has 5 rings (SSSR count). The predicted molar refractivity (Wildman–Crippen MR) is 101 cm³/mol. The van der Waals surface area contributed by atoms with Crippen LogP contribution in [0.4, 0.5) is 5.82 Å². The Morgan fingerprint density at radius 2 is 1.92 bits per heavy atom. The zero-order valence-corrected chi connectivity index (χ0v) is 14.6. The van der Waals surface area contributed by atoms with Gasteiger partial charge >= 0.3 is 0 Å². The summed E-state index contributed by atoms with van der Waals surface area (Å²) in [5.41, 5.74) is 3.19. The third-order valence-corrected chi connectivity index (χ3v) is 5.53. The first-order valence-corrected chi connectivity index (χ1v) is 9.36. The Balaban J connectivity index is 1.33. The topological polar surface area (TPSA) is 62.1 Å².